The van der Waals surface area contributed by atoms with Crippen molar-refractivity contribution in [2.45, 2.75) is 39.7 Å². The number of benzene rings is 3. The van der Waals surface area contributed by atoms with Crippen LogP contribution in [0.2, 0.25) is 0 Å². The van der Waals surface area contributed by atoms with Gasteiger partial charge in [-0.15, -0.1) is 0 Å². The highest BCUT2D eigenvalue weighted by Crippen LogP contribution is 2.37. The minimum Gasteiger partial charge on any atom is -0.490 e. The second-order valence-corrected chi connectivity index (χ2v) is 8.45. The summed E-state index contributed by atoms with van der Waals surface area (Å²) in [5.41, 5.74) is 8.92. The highest BCUT2D eigenvalue weighted by Gasteiger charge is 2.20. The van der Waals surface area contributed by atoms with Gasteiger partial charge in [-0.2, -0.15) is 0 Å². The van der Waals surface area contributed by atoms with Crippen molar-refractivity contribution < 1.29 is 19.0 Å². The molecule has 0 amide bonds. The number of esters is 1. The van der Waals surface area contributed by atoms with Crippen LogP contribution in [0.3, 0.4) is 0 Å². The predicted octanol–water partition coefficient (Wildman–Crippen LogP) is 6.25. The van der Waals surface area contributed by atoms with Crippen LogP contribution in [-0.2, 0) is 27.1 Å². The van der Waals surface area contributed by atoms with E-state index in [4.69, 9.17) is 14.2 Å². The Morgan fingerprint density at radius 3 is 2.47 bits per heavy atom. The zero-order valence-electron chi connectivity index (χ0n) is 20.2. The van der Waals surface area contributed by atoms with E-state index in [0.717, 1.165) is 17.7 Å². The Hall–Kier alpha value is -3.37. The Balaban J connectivity index is 1.34. The van der Waals surface area contributed by atoms with E-state index in [9.17, 15) is 4.79 Å². The molecule has 0 saturated heterocycles. The van der Waals surface area contributed by atoms with Crippen LogP contribution in [0.1, 0.15) is 43.0 Å². The molecule has 3 aromatic rings. The summed E-state index contributed by atoms with van der Waals surface area (Å²) in [6.45, 7) is 7.11. The fourth-order valence-electron chi connectivity index (χ4n) is 4.35. The largest absolute Gasteiger partial charge is 0.490 e. The molecule has 0 spiro atoms. The molecule has 1 unspecified atom stereocenters. The van der Waals surface area contributed by atoms with E-state index in [1.807, 2.05) is 31.2 Å². The summed E-state index contributed by atoms with van der Waals surface area (Å²) in [6, 6.07) is 23.2. The van der Waals surface area contributed by atoms with Gasteiger partial charge in [0.2, 0.25) is 0 Å². The smallest absolute Gasteiger partial charge is 0.335 e. The van der Waals surface area contributed by atoms with Gasteiger partial charge in [0.25, 0.3) is 0 Å². The lowest BCUT2D eigenvalue weighted by Crippen LogP contribution is -2.28. The molecule has 4 nitrogen and oxygen atoms in total. The minimum atomic E-state index is -0.581. The van der Waals surface area contributed by atoms with Crippen molar-refractivity contribution >= 4 is 11.5 Å². The lowest BCUT2D eigenvalue weighted by atomic mass is 10.00. The average Bonchev–Trinajstić information content (AvgIpc) is 3.22. The molecule has 1 aliphatic rings. The Kier molecular flexibility index (Phi) is 7.81. The van der Waals surface area contributed by atoms with E-state index in [1.54, 1.807) is 6.92 Å². The van der Waals surface area contributed by atoms with Crippen molar-refractivity contribution in [3.63, 3.8) is 0 Å². The quantitative estimate of drug-likeness (QED) is 0.265. The highest BCUT2D eigenvalue weighted by atomic mass is 16.6. The number of carbonyl (C=O) groups excluding carboxylic acids is 1. The van der Waals surface area contributed by atoms with Gasteiger partial charge in [0.05, 0.1) is 6.61 Å². The Bertz CT molecular complexity index is 1160. The molecule has 0 heterocycles. The molecule has 0 aliphatic heterocycles. The molecule has 4 heteroatoms. The Morgan fingerprint density at radius 2 is 1.71 bits per heavy atom. The van der Waals surface area contributed by atoms with Gasteiger partial charge in [0, 0.05) is 13.0 Å². The fraction of sp³-hybridized carbons (Fsp3) is 0.300. The number of carbonyl (C=O) groups is 1. The lowest BCUT2D eigenvalue weighted by molar-refractivity contribution is -0.156. The molecule has 0 N–H and O–H groups in total. The number of hydrogen-bond acceptors (Lipinski definition) is 4. The number of fused-ring (bicyclic) bond motifs is 3. The van der Waals surface area contributed by atoms with Crippen molar-refractivity contribution in [2.75, 3.05) is 19.8 Å². The van der Waals surface area contributed by atoms with Gasteiger partial charge in [0.15, 0.2) is 6.10 Å². The van der Waals surface area contributed by atoms with E-state index in [-0.39, 0.29) is 5.97 Å². The molecule has 0 radical (unpaired) electrons. The van der Waals surface area contributed by atoms with Crippen molar-refractivity contribution in [3.05, 3.63) is 95.1 Å². The van der Waals surface area contributed by atoms with Crippen LogP contribution in [0.15, 0.2) is 72.8 Å². The molecule has 0 aromatic heterocycles. The monoisotopic (exact) mass is 456 g/mol. The first kappa shape index (κ1) is 23.8. The zero-order valence-corrected chi connectivity index (χ0v) is 20.2. The molecule has 176 valence electrons. The zero-order chi connectivity index (χ0) is 23.9. The molecular weight excluding hydrogens is 424 g/mol. The number of ether oxygens (including phenoxy) is 3. The van der Waals surface area contributed by atoms with Crippen molar-refractivity contribution in [1.29, 1.82) is 0 Å². The number of rotatable bonds is 10. The van der Waals surface area contributed by atoms with Crippen LogP contribution in [0.4, 0.5) is 0 Å². The van der Waals surface area contributed by atoms with Crippen LogP contribution in [-0.4, -0.2) is 31.9 Å². The molecule has 0 bridgehead atoms. The molecule has 4 rings (SSSR count). The molecular formula is C30H32O4. The standard InChI is InChI=1S/C30H32O4/c1-4-32-29(30(31)33-5-2)18-22-10-13-26(14-11-22)34-17-16-21(3)23-12-15-28-25(19-23)20-24-8-6-7-9-27(24)28/h6-16,19,29H,4-5,17-18,20H2,1-3H3/b21-16+. The van der Waals surface area contributed by atoms with E-state index in [1.165, 1.54) is 33.4 Å². The SMILES string of the molecule is CCOC(=O)C(Cc1ccc(OC/C=C(\C)c2ccc3c(c2)Cc2ccccc2-3)cc1)OCC. The van der Waals surface area contributed by atoms with E-state index >= 15 is 0 Å². The van der Waals surface area contributed by atoms with Gasteiger partial charge in [-0.3, -0.25) is 0 Å². The van der Waals surface area contributed by atoms with Crippen LogP contribution in [0, 0.1) is 0 Å². The lowest BCUT2D eigenvalue weighted by Gasteiger charge is -2.15. The topological polar surface area (TPSA) is 44.8 Å². The Labute approximate surface area is 202 Å². The molecule has 0 saturated carbocycles. The summed E-state index contributed by atoms with van der Waals surface area (Å²) in [5.74, 6) is 0.474. The third-order valence-corrected chi connectivity index (χ3v) is 6.15. The first-order valence-corrected chi connectivity index (χ1v) is 12.0. The van der Waals surface area contributed by atoms with Gasteiger partial charge in [-0.05, 0) is 84.4 Å². The second-order valence-electron chi connectivity index (χ2n) is 8.45. The summed E-state index contributed by atoms with van der Waals surface area (Å²) < 4.78 is 16.6. The van der Waals surface area contributed by atoms with Gasteiger partial charge < -0.3 is 14.2 Å². The fourth-order valence-corrected chi connectivity index (χ4v) is 4.35. The maximum absolute atomic E-state index is 12.1. The highest BCUT2D eigenvalue weighted by molar-refractivity contribution is 5.79. The summed E-state index contributed by atoms with van der Waals surface area (Å²) in [6.07, 6.45) is 3.01. The van der Waals surface area contributed by atoms with Gasteiger partial charge in [-0.25, -0.2) is 4.79 Å². The van der Waals surface area contributed by atoms with Gasteiger partial charge in [-0.1, -0.05) is 54.6 Å². The first-order chi connectivity index (χ1) is 16.6. The van der Waals surface area contributed by atoms with Crippen LogP contribution in [0.25, 0.3) is 16.7 Å². The summed E-state index contributed by atoms with van der Waals surface area (Å²) >= 11 is 0. The third kappa shape index (κ3) is 5.57. The molecule has 3 aromatic carbocycles. The average molecular weight is 457 g/mol. The van der Waals surface area contributed by atoms with Gasteiger partial charge >= 0.3 is 5.97 Å². The second kappa shape index (κ2) is 11.2. The maximum Gasteiger partial charge on any atom is 0.335 e. The molecule has 34 heavy (non-hydrogen) atoms. The van der Waals surface area contributed by atoms with Crippen molar-refractivity contribution in [1.82, 2.24) is 0 Å². The van der Waals surface area contributed by atoms with Crippen LogP contribution < -0.4 is 4.74 Å². The predicted molar refractivity (Wildman–Crippen MR) is 136 cm³/mol. The summed E-state index contributed by atoms with van der Waals surface area (Å²) in [4.78, 5) is 12.1. The van der Waals surface area contributed by atoms with Crippen molar-refractivity contribution in [3.8, 4) is 16.9 Å². The van der Waals surface area contributed by atoms with E-state index < -0.39 is 6.10 Å². The maximum atomic E-state index is 12.1. The van der Waals surface area contributed by atoms with E-state index in [0.29, 0.717) is 26.2 Å². The van der Waals surface area contributed by atoms with Crippen molar-refractivity contribution in [2.24, 2.45) is 0 Å². The number of allylic oxidation sites excluding steroid dienone is 1. The molecule has 1 atom stereocenters. The first-order valence-electron chi connectivity index (χ1n) is 12.0. The summed E-state index contributed by atoms with van der Waals surface area (Å²) in [5, 5.41) is 0. The Morgan fingerprint density at radius 1 is 0.941 bits per heavy atom. The molecule has 0 fully saturated rings. The van der Waals surface area contributed by atoms with Crippen LogP contribution >= 0.6 is 0 Å². The summed E-state index contributed by atoms with van der Waals surface area (Å²) in [7, 11) is 0. The molecule has 1 aliphatic carbocycles. The third-order valence-electron chi connectivity index (χ3n) is 6.15. The number of hydrogen-bond donors (Lipinski definition) is 0. The minimum absolute atomic E-state index is 0.319. The van der Waals surface area contributed by atoms with Gasteiger partial charge in [0.1, 0.15) is 12.4 Å². The van der Waals surface area contributed by atoms with E-state index in [2.05, 4.69) is 55.5 Å². The van der Waals surface area contributed by atoms with Crippen LogP contribution in [0.5, 0.6) is 5.75 Å². The normalized spacial score (nSPS) is 13.2.